The maximum absolute atomic E-state index is 13.0. The third-order valence-electron chi connectivity index (χ3n) is 4.70. The molecule has 2 N–H and O–H groups in total. The van der Waals surface area contributed by atoms with Crippen molar-refractivity contribution in [2.45, 2.75) is 32.4 Å². The number of carbonyl (C=O) groups excluding carboxylic acids is 2. The summed E-state index contributed by atoms with van der Waals surface area (Å²) in [5.74, 6) is -0.410. The first-order valence-corrected chi connectivity index (χ1v) is 9.37. The summed E-state index contributed by atoms with van der Waals surface area (Å²) in [4.78, 5) is 30.2. The van der Waals surface area contributed by atoms with E-state index >= 15 is 0 Å². The summed E-state index contributed by atoms with van der Waals surface area (Å²) >= 11 is 5.95. The van der Waals surface area contributed by atoms with Crippen LogP contribution in [0.5, 0.6) is 5.75 Å². The smallest absolute Gasteiger partial charge is 0.280 e. The molecule has 1 atom stereocenters. The van der Waals surface area contributed by atoms with Crippen molar-refractivity contribution in [3.05, 3.63) is 47.5 Å². The summed E-state index contributed by atoms with van der Waals surface area (Å²) in [6, 6.07) is 12.5. The molecule has 1 aliphatic heterocycles. The van der Waals surface area contributed by atoms with Gasteiger partial charge in [0.05, 0.1) is 16.7 Å². The number of halogens is 1. The van der Waals surface area contributed by atoms with E-state index in [1.807, 2.05) is 35.8 Å². The molecule has 3 aromatic rings. The van der Waals surface area contributed by atoms with E-state index in [9.17, 15) is 9.59 Å². The summed E-state index contributed by atoms with van der Waals surface area (Å²) in [5, 5.41) is 5.92. The van der Waals surface area contributed by atoms with Crippen molar-refractivity contribution >= 4 is 46.1 Å². The number of carbonyl (C=O) groups is 2. The van der Waals surface area contributed by atoms with Crippen LogP contribution in [-0.4, -0.2) is 27.0 Å². The van der Waals surface area contributed by atoms with Crippen LogP contribution < -0.4 is 15.4 Å². The van der Waals surface area contributed by atoms with Crippen molar-refractivity contribution in [2.24, 2.45) is 0 Å². The van der Waals surface area contributed by atoms with Gasteiger partial charge in [0.2, 0.25) is 5.95 Å². The average Bonchev–Trinajstić information content (AvgIpc) is 3.01. The lowest BCUT2D eigenvalue weighted by Gasteiger charge is -2.33. The molecule has 2 amide bonds. The summed E-state index contributed by atoms with van der Waals surface area (Å²) in [6.07, 6.45) is 0.867. The number of amides is 2. The summed E-state index contributed by atoms with van der Waals surface area (Å²) in [5.41, 5.74) is 0.376. The molecule has 0 spiro atoms. The van der Waals surface area contributed by atoms with Crippen LogP contribution in [0.2, 0.25) is 5.02 Å². The number of nitrogens with zero attached hydrogens (tertiary/aromatic N) is 2. The number of nitrogens with one attached hydrogen (secondary N) is 2. The van der Waals surface area contributed by atoms with Crippen LogP contribution in [0.1, 0.15) is 20.3 Å². The molecule has 8 heteroatoms. The second-order valence-corrected chi connectivity index (χ2v) is 7.20. The minimum Gasteiger partial charge on any atom is -0.466 e. The number of hydrogen-bond acceptors (Lipinski definition) is 4. The fraction of sp³-hybridized carbons (Fsp3) is 0.250. The first-order valence-electron chi connectivity index (χ1n) is 8.99. The first kappa shape index (κ1) is 18.3. The van der Waals surface area contributed by atoms with Crippen molar-refractivity contribution in [1.82, 2.24) is 9.55 Å². The van der Waals surface area contributed by atoms with E-state index < -0.39 is 17.4 Å². The molecule has 0 bridgehead atoms. The Hall–Kier alpha value is -3.06. The minimum atomic E-state index is -1.74. The Kier molecular flexibility index (Phi) is 4.47. The van der Waals surface area contributed by atoms with Crippen LogP contribution in [0, 0.1) is 0 Å². The Morgan fingerprint density at radius 1 is 1.32 bits per heavy atom. The number of anilines is 2. The van der Waals surface area contributed by atoms with Gasteiger partial charge >= 0.3 is 0 Å². The number of aromatic nitrogens is 2. The van der Waals surface area contributed by atoms with Crippen LogP contribution >= 0.6 is 11.6 Å². The third-order valence-corrected chi connectivity index (χ3v) is 4.93. The van der Waals surface area contributed by atoms with Gasteiger partial charge in [-0.3, -0.25) is 14.9 Å². The average molecular weight is 399 g/mol. The Balaban J connectivity index is 1.67. The highest BCUT2D eigenvalue weighted by atomic mass is 35.5. The highest BCUT2D eigenvalue weighted by Gasteiger charge is 2.47. The number of fused-ring (bicyclic) bond motifs is 2. The lowest BCUT2D eigenvalue weighted by Crippen LogP contribution is -2.56. The van der Waals surface area contributed by atoms with Gasteiger partial charge in [-0.2, -0.15) is 0 Å². The first-order chi connectivity index (χ1) is 13.4. The van der Waals surface area contributed by atoms with Crippen LogP contribution in [-0.2, 0) is 16.1 Å². The van der Waals surface area contributed by atoms with Crippen molar-refractivity contribution in [3.8, 4) is 5.75 Å². The number of para-hydroxylation sites is 2. The molecule has 1 aromatic heterocycles. The van der Waals surface area contributed by atoms with Gasteiger partial charge < -0.3 is 14.6 Å². The maximum atomic E-state index is 13.0. The predicted molar refractivity (Wildman–Crippen MR) is 108 cm³/mol. The van der Waals surface area contributed by atoms with Gasteiger partial charge in [-0.1, -0.05) is 30.7 Å². The molecule has 0 aliphatic carbocycles. The topological polar surface area (TPSA) is 85.3 Å². The van der Waals surface area contributed by atoms with Gasteiger partial charge in [-0.25, -0.2) is 4.98 Å². The van der Waals surface area contributed by atoms with Crippen molar-refractivity contribution in [1.29, 1.82) is 0 Å². The molecule has 1 unspecified atom stereocenters. The van der Waals surface area contributed by atoms with Crippen molar-refractivity contribution in [2.75, 3.05) is 10.6 Å². The van der Waals surface area contributed by atoms with Crippen molar-refractivity contribution in [3.63, 3.8) is 0 Å². The quantitative estimate of drug-likeness (QED) is 0.654. The lowest BCUT2D eigenvalue weighted by molar-refractivity contribution is -0.143. The zero-order valence-corrected chi connectivity index (χ0v) is 16.2. The number of imidazole rings is 1. The molecule has 0 radical (unpaired) electrons. The number of ether oxygens (including phenoxy) is 1. The maximum Gasteiger partial charge on any atom is 0.280 e. The highest BCUT2D eigenvalue weighted by molar-refractivity contribution is 6.31. The standard InChI is InChI=1S/C20H19ClN4O3/c1-3-10-25-15-7-5-4-6-13(15)23-19(25)24-18(27)20(2)17(26)22-14-11-12(21)8-9-16(14)28-20/h4-9,11H,3,10H2,1-2H3,(H,22,26)(H,23,24,27). The Morgan fingerprint density at radius 2 is 2.11 bits per heavy atom. The summed E-state index contributed by atoms with van der Waals surface area (Å²) in [7, 11) is 0. The van der Waals surface area contributed by atoms with Gasteiger partial charge in [0.25, 0.3) is 17.4 Å². The zero-order chi connectivity index (χ0) is 19.9. The number of rotatable bonds is 4. The summed E-state index contributed by atoms with van der Waals surface area (Å²) in [6.45, 7) is 4.16. The Bertz CT molecular complexity index is 1090. The van der Waals surface area contributed by atoms with Gasteiger partial charge in [0.1, 0.15) is 5.75 Å². The fourth-order valence-electron chi connectivity index (χ4n) is 3.19. The molecule has 2 aromatic carbocycles. The molecule has 0 fully saturated rings. The van der Waals surface area contributed by atoms with Crippen LogP contribution in [0.3, 0.4) is 0 Å². The summed E-state index contributed by atoms with van der Waals surface area (Å²) < 4.78 is 7.70. The van der Waals surface area contributed by atoms with E-state index in [1.54, 1.807) is 18.2 Å². The number of hydrogen-bond donors (Lipinski definition) is 2. The van der Waals surface area contributed by atoms with Crippen LogP contribution in [0.4, 0.5) is 11.6 Å². The molecule has 4 rings (SSSR count). The predicted octanol–water partition coefficient (Wildman–Crippen LogP) is 3.83. The minimum absolute atomic E-state index is 0.378. The van der Waals surface area contributed by atoms with Gasteiger partial charge in [0, 0.05) is 11.6 Å². The Morgan fingerprint density at radius 3 is 2.89 bits per heavy atom. The normalized spacial score (nSPS) is 18.3. The zero-order valence-electron chi connectivity index (χ0n) is 15.5. The molecule has 144 valence electrons. The largest absolute Gasteiger partial charge is 0.466 e. The molecular weight excluding hydrogens is 380 g/mol. The van der Waals surface area contributed by atoms with Crippen LogP contribution in [0.15, 0.2) is 42.5 Å². The van der Waals surface area contributed by atoms with E-state index in [-0.39, 0.29) is 0 Å². The molecular formula is C20H19ClN4O3. The number of aryl methyl sites for hydroxylation is 1. The third kappa shape index (κ3) is 2.97. The van der Waals surface area contributed by atoms with E-state index in [0.717, 1.165) is 17.5 Å². The van der Waals surface area contributed by atoms with E-state index in [4.69, 9.17) is 16.3 Å². The van der Waals surface area contributed by atoms with Gasteiger partial charge in [0.15, 0.2) is 0 Å². The molecule has 7 nitrogen and oxygen atoms in total. The van der Waals surface area contributed by atoms with Crippen molar-refractivity contribution < 1.29 is 14.3 Å². The fourth-order valence-corrected chi connectivity index (χ4v) is 3.36. The van der Waals surface area contributed by atoms with E-state index in [2.05, 4.69) is 15.6 Å². The molecule has 0 saturated heterocycles. The molecule has 2 heterocycles. The lowest BCUT2D eigenvalue weighted by atomic mass is 10.0. The second-order valence-electron chi connectivity index (χ2n) is 6.76. The molecule has 0 saturated carbocycles. The van der Waals surface area contributed by atoms with Gasteiger partial charge in [-0.15, -0.1) is 0 Å². The highest BCUT2D eigenvalue weighted by Crippen LogP contribution is 2.36. The van der Waals surface area contributed by atoms with E-state index in [0.29, 0.717) is 29.0 Å². The van der Waals surface area contributed by atoms with E-state index in [1.165, 1.54) is 6.92 Å². The second kappa shape index (κ2) is 6.83. The van der Waals surface area contributed by atoms with Crippen LogP contribution in [0.25, 0.3) is 11.0 Å². The Labute approximate surface area is 166 Å². The van der Waals surface area contributed by atoms with Gasteiger partial charge in [-0.05, 0) is 43.7 Å². The SMILES string of the molecule is CCCn1c(NC(=O)C2(C)Oc3ccc(Cl)cc3NC2=O)nc2ccccc21. The monoisotopic (exact) mass is 398 g/mol. The molecule has 1 aliphatic rings. The number of benzene rings is 2. The molecule has 28 heavy (non-hydrogen) atoms.